The van der Waals surface area contributed by atoms with Crippen molar-refractivity contribution in [1.82, 2.24) is 34.5 Å². The highest BCUT2D eigenvalue weighted by atomic mass is 15.4. The molecular formula is C13H11N7. The van der Waals surface area contributed by atoms with Gasteiger partial charge in [-0.1, -0.05) is 11.3 Å². The van der Waals surface area contributed by atoms with Gasteiger partial charge < -0.3 is 4.98 Å². The fourth-order valence-corrected chi connectivity index (χ4v) is 2.31. The highest BCUT2D eigenvalue weighted by molar-refractivity contribution is 5.84. The highest BCUT2D eigenvalue weighted by Gasteiger charge is 2.13. The molecule has 0 bridgehead atoms. The molecule has 0 atom stereocenters. The average Bonchev–Trinajstić information content (AvgIpc) is 3.18. The Hall–Kier alpha value is -2.96. The number of nitrogens with zero attached hydrogens (tertiary/aromatic N) is 6. The Balaban J connectivity index is 1.99. The van der Waals surface area contributed by atoms with Crippen LogP contribution in [-0.4, -0.2) is 34.5 Å². The molecule has 1 N–H and O–H groups in total. The van der Waals surface area contributed by atoms with Crippen LogP contribution in [0, 0.1) is 0 Å². The van der Waals surface area contributed by atoms with Crippen molar-refractivity contribution in [2.75, 3.05) is 0 Å². The maximum Gasteiger partial charge on any atom is 0.162 e. The predicted octanol–water partition coefficient (Wildman–Crippen LogP) is 1.54. The lowest BCUT2D eigenvalue weighted by Gasteiger charge is -2.06. The first-order valence-electron chi connectivity index (χ1n) is 6.15. The molecule has 0 spiro atoms. The van der Waals surface area contributed by atoms with Gasteiger partial charge in [0, 0.05) is 19.4 Å². The van der Waals surface area contributed by atoms with E-state index in [1.165, 1.54) is 0 Å². The van der Waals surface area contributed by atoms with Crippen LogP contribution in [0.1, 0.15) is 0 Å². The van der Waals surface area contributed by atoms with Crippen LogP contribution in [0.3, 0.4) is 0 Å². The molecule has 0 aliphatic rings. The number of imidazole rings is 2. The first-order valence-corrected chi connectivity index (χ1v) is 6.15. The molecule has 0 amide bonds. The zero-order chi connectivity index (χ0) is 13.5. The third kappa shape index (κ3) is 1.46. The van der Waals surface area contributed by atoms with Gasteiger partial charge in [-0.25, -0.2) is 14.6 Å². The van der Waals surface area contributed by atoms with Crippen molar-refractivity contribution >= 4 is 11.0 Å². The number of benzene rings is 1. The summed E-state index contributed by atoms with van der Waals surface area (Å²) < 4.78 is 3.73. The van der Waals surface area contributed by atoms with Crippen molar-refractivity contribution in [1.29, 1.82) is 0 Å². The van der Waals surface area contributed by atoms with Crippen LogP contribution < -0.4 is 0 Å². The first kappa shape index (κ1) is 10.9. The molecule has 4 rings (SSSR count). The van der Waals surface area contributed by atoms with Gasteiger partial charge in [0.25, 0.3) is 0 Å². The lowest BCUT2D eigenvalue weighted by atomic mass is 10.2. The molecule has 7 nitrogen and oxygen atoms in total. The largest absolute Gasteiger partial charge is 0.342 e. The second-order valence-electron chi connectivity index (χ2n) is 4.44. The van der Waals surface area contributed by atoms with Gasteiger partial charge in [0.15, 0.2) is 5.82 Å². The zero-order valence-corrected chi connectivity index (χ0v) is 10.7. The van der Waals surface area contributed by atoms with Gasteiger partial charge in [-0.05, 0) is 12.1 Å². The molecular weight excluding hydrogens is 254 g/mol. The van der Waals surface area contributed by atoms with Gasteiger partial charge in [-0.3, -0.25) is 4.57 Å². The van der Waals surface area contributed by atoms with Crippen LogP contribution in [0.2, 0.25) is 0 Å². The lowest BCUT2D eigenvalue weighted by Crippen LogP contribution is -1.98. The number of H-pyrrole nitrogens is 1. The molecule has 7 heteroatoms. The summed E-state index contributed by atoms with van der Waals surface area (Å²) in [4.78, 5) is 11.5. The molecule has 3 aromatic heterocycles. The summed E-state index contributed by atoms with van der Waals surface area (Å²) in [5.74, 6) is 0.792. The molecule has 0 aliphatic carbocycles. The first-order chi connectivity index (χ1) is 9.84. The molecule has 98 valence electrons. The lowest BCUT2D eigenvalue weighted by molar-refractivity contribution is 0.736. The van der Waals surface area contributed by atoms with E-state index in [9.17, 15) is 0 Å². The van der Waals surface area contributed by atoms with Crippen molar-refractivity contribution in [3.63, 3.8) is 0 Å². The van der Waals surface area contributed by atoms with Crippen LogP contribution in [0.5, 0.6) is 0 Å². The number of hydrogen-bond donors (Lipinski definition) is 1. The Morgan fingerprint density at radius 3 is 3.05 bits per heavy atom. The third-order valence-electron chi connectivity index (χ3n) is 3.26. The molecule has 3 heterocycles. The van der Waals surface area contributed by atoms with Gasteiger partial charge in [0.05, 0.1) is 23.7 Å². The maximum absolute atomic E-state index is 4.39. The number of hydrogen-bond acceptors (Lipinski definition) is 4. The smallest absolute Gasteiger partial charge is 0.162 e. The molecule has 0 radical (unpaired) electrons. The van der Waals surface area contributed by atoms with E-state index in [2.05, 4.69) is 25.3 Å². The Labute approximate surface area is 113 Å². The van der Waals surface area contributed by atoms with E-state index in [1.54, 1.807) is 23.4 Å². The topological polar surface area (TPSA) is 77.2 Å². The summed E-state index contributed by atoms with van der Waals surface area (Å²) >= 11 is 0. The summed E-state index contributed by atoms with van der Waals surface area (Å²) in [5, 5.41) is 8.31. The third-order valence-corrected chi connectivity index (χ3v) is 3.26. The van der Waals surface area contributed by atoms with Crippen LogP contribution >= 0.6 is 0 Å². The van der Waals surface area contributed by atoms with Gasteiger partial charge in [-0.2, -0.15) is 0 Å². The molecule has 4 aromatic rings. The summed E-state index contributed by atoms with van der Waals surface area (Å²) in [6.45, 7) is 0. The van der Waals surface area contributed by atoms with Crippen LogP contribution in [0.4, 0.5) is 0 Å². The minimum Gasteiger partial charge on any atom is -0.342 e. The fourth-order valence-electron chi connectivity index (χ4n) is 2.31. The van der Waals surface area contributed by atoms with Crippen LogP contribution in [0.15, 0.2) is 43.1 Å². The number of rotatable bonds is 2. The molecule has 20 heavy (non-hydrogen) atoms. The minimum atomic E-state index is 0.792. The zero-order valence-electron chi connectivity index (χ0n) is 10.7. The Bertz CT molecular complexity index is 869. The Morgan fingerprint density at radius 1 is 1.25 bits per heavy atom. The van der Waals surface area contributed by atoms with E-state index in [1.807, 2.05) is 36.0 Å². The second kappa shape index (κ2) is 4.02. The fraction of sp³-hybridized carbons (Fsp3) is 0.0769. The summed E-state index contributed by atoms with van der Waals surface area (Å²) in [7, 11) is 1.88. The van der Waals surface area contributed by atoms with Gasteiger partial charge in [0.2, 0.25) is 0 Å². The maximum atomic E-state index is 4.39. The average molecular weight is 265 g/mol. The minimum absolute atomic E-state index is 0.792. The Kier molecular flexibility index (Phi) is 2.19. The van der Waals surface area contributed by atoms with Crippen LogP contribution in [0.25, 0.3) is 28.2 Å². The number of nitrogens with one attached hydrogen (secondary N) is 1. The summed E-state index contributed by atoms with van der Waals surface area (Å²) in [5.41, 5.74) is 3.62. The molecule has 0 saturated heterocycles. The van der Waals surface area contributed by atoms with Crippen LogP contribution in [-0.2, 0) is 7.05 Å². The quantitative estimate of drug-likeness (QED) is 0.596. The van der Waals surface area contributed by atoms with Crippen molar-refractivity contribution in [2.45, 2.75) is 0 Å². The standard InChI is InChI=1S/C13H11N7/c1-19-10-3-2-4-11(12(10)17-18-19)20-6-5-15-13(20)9-7-14-8-16-9/h2-8H,1H3,(H,14,16). The van der Waals surface area contributed by atoms with E-state index < -0.39 is 0 Å². The van der Waals surface area contributed by atoms with Gasteiger partial charge in [-0.15, -0.1) is 5.10 Å². The van der Waals surface area contributed by atoms with Crippen molar-refractivity contribution in [3.05, 3.63) is 43.1 Å². The van der Waals surface area contributed by atoms with Crippen molar-refractivity contribution in [2.24, 2.45) is 7.05 Å². The Morgan fingerprint density at radius 2 is 2.20 bits per heavy atom. The molecule has 0 fully saturated rings. The molecule has 0 saturated carbocycles. The van der Waals surface area contributed by atoms with E-state index in [0.717, 1.165) is 28.2 Å². The number of aromatic nitrogens is 7. The van der Waals surface area contributed by atoms with Crippen molar-refractivity contribution in [3.8, 4) is 17.2 Å². The number of fused-ring (bicyclic) bond motifs is 1. The molecule has 0 aliphatic heterocycles. The molecule has 1 aromatic carbocycles. The summed E-state index contributed by atoms with van der Waals surface area (Å²) in [6, 6.07) is 5.97. The SMILES string of the molecule is Cn1nnc2c(-n3ccnc3-c3cnc[nH]3)cccc21. The second-order valence-corrected chi connectivity index (χ2v) is 4.44. The van der Waals surface area contributed by atoms with Gasteiger partial charge >= 0.3 is 0 Å². The normalized spacial score (nSPS) is 11.2. The van der Waals surface area contributed by atoms with Crippen molar-refractivity contribution < 1.29 is 0 Å². The summed E-state index contributed by atoms with van der Waals surface area (Å²) in [6.07, 6.45) is 7.04. The number of aryl methyl sites for hydroxylation is 1. The van der Waals surface area contributed by atoms with E-state index >= 15 is 0 Å². The van der Waals surface area contributed by atoms with E-state index in [4.69, 9.17) is 0 Å². The monoisotopic (exact) mass is 265 g/mol. The molecule has 0 unspecified atom stereocenters. The number of aromatic amines is 1. The predicted molar refractivity (Wildman–Crippen MR) is 73.2 cm³/mol. The highest BCUT2D eigenvalue weighted by Crippen LogP contribution is 2.24. The van der Waals surface area contributed by atoms with E-state index in [-0.39, 0.29) is 0 Å². The van der Waals surface area contributed by atoms with Gasteiger partial charge in [0.1, 0.15) is 11.2 Å². The van der Waals surface area contributed by atoms with E-state index in [0.29, 0.717) is 0 Å².